The second-order valence-corrected chi connectivity index (χ2v) is 7.77. The standard InChI is InChI=1S/C24H21N3O3S/c1-26(17-9-4-3-5-10-17)22(28)16-31-24-25-21-14-7-6-13-20(21)23(29)27(24)18-11-8-12-19(15-18)30-2/h3-15H,16H2,1-2H3. The molecule has 0 saturated heterocycles. The summed E-state index contributed by atoms with van der Waals surface area (Å²) >= 11 is 1.24. The first-order valence-electron chi connectivity index (χ1n) is 9.69. The number of hydrogen-bond donors (Lipinski definition) is 0. The molecule has 4 rings (SSSR count). The molecule has 0 N–H and O–H groups in total. The predicted molar refractivity (Wildman–Crippen MR) is 124 cm³/mol. The van der Waals surface area contributed by atoms with Crippen molar-refractivity contribution in [1.29, 1.82) is 0 Å². The maximum absolute atomic E-state index is 13.3. The lowest BCUT2D eigenvalue weighted by Crippen LogP contribution is -2.28. The van der Waals surface area contributed by atoms with E-state index in [1.54, 1.807) is 37.3 Å². The Morgan fingerprint density at radius 3 is 2.55 bits per heavy atom. The first-order valence-corrected chi connectivity index (χ1v) is 10.7. The van der Waals surface area contributed by atoms with Crippen LogP contribution >= 0.6 is 11.8 Å². The van der Waals surface area contributed by atoms with Crippen LogP contribution in [0.15, 0.2) is 88.8 Å². The van der Waals surface area contributed by atoms with Gasteiger partial charge in [0, 0.05) is 18.8 Å². The minimum Gasteiger partial charge on any atom is -0.497 e. The third-order valence-electron chi connectivity index (χ3n) is 4.90. The minimum absolute atomic E-state index is 0.0872. The molecule has 4 aromatic rings. The van der Waals surface area contributed by atoms with E-state index in [-0.39, 0.29) is 17.2 Å². The number of nitrogens with zero attached hydrogens (tertiary/aromatic N) is 3. The maximum atomic E-state index is 13.3. The van der Waals surface area contributed by atoms with Gasteiger partial charge in [-0.05, 0) is 36.4 Å². The van der Waals surface area contributed by atoms with E-state index >= 15 is 0 Å². The number of benzene rings is 3. The summed E-state index contributed by atoms with van der Waals surface area (Å²) in [5.74, 6) is 0.685. The fourth-order valence-corrected chi connectivity index (χ4v) is 4.13. The normalized spacial score (nSPS) is 10.8. The number of hydrogen-bond acceptors (Lipinski definition) is 5. The quantitative estimate of drug-likeness (QED) is 0.339. The second kappa shape index (κ2) is 9.06. The number of carbonyl (C=O) groups is 1. The molecule has 3 aromatic carbocycles. The van der Waals surface area contributed by atoms with Gasteiger partial charge in [-0.15, -0.1) is 0 Å². The Kier molecular flexibility index (Phi) is 6.04. The van der Waals surface area contributed by atoms with E-state index < -0.39 is 0 Å². The fraction of sp³-hybridized carbons (Fsp3) is 0.125. The molecule has 31 heavy (non-hydrogen) atoms. The number of rotatable bonds is 6. The van der Waals surface area contributed by atoms with Gasteiger partial charge in [0.25, 0.3) is 5.56 Å². The number of anilines is 1. The Morgan fingerprint density at radius 1 is 1.03 bits per heavy atom. The van der Waals surface area contributed by atoms with Crippen molar-refractivity contribution in [2.24, 2.45) is 0 Å². The van der Waals surface area contributed by atoms with Crippen molar-refractivity contribution in [2.75, 3.05) is 24.8 Å². The van der Waals surface area contributed by atoms with Crippen LogP contribution in [0.5, 0.6) is 5.75 Å². The first kappa shape index (κ1) is 20.7. The van der Waals surface area contributed by atoms with Crippen LogP contribution < -0.4 is 15.2 Å². The van der Waals surface area contributed by atoms with Gasteiger partial charge in [0.15, 0.2) is 5.16 Å². The largest absolute Gasteiger partial charge is 0.497 e. The van der Waals surface area contributed by atoms with Gasteiger partial charge < -0.3 is 9.64 Å². The molecule has 0 spiro atoms. The van der Waals surface area contributed by atoms with Crippen molar-refractivity contribution < 1.29 is 9.53 Å². The van der Waals surface area contributed by atoms with E-state index in [1.807, 2.05) is 60.7 Å². The summed E-state index contributed by atoms with van der Waals surface area (Å²) in [5.41, 5.74) is 1.85. The van der Waals surface area contributed by atoms with Crippen LogP contribution in [0.4, 0.5) is 5.69 Å². The molecule has 0 fully saturated rings. The number of fused-ring (bicyclic) bond motifs is 1. The van der Waals surface area contributed by atoms with Crippen molar-refractivity contribution in [3.8, 4) is 11.4 Å². The molecule has 0 aliphatic rings. The van der Waals surface area contributed by atoms with E-state index in [0.29, 0.717) is 27.5 Å². The summed E-state index contributed by atoms with van der Waals surface area (Å²) in [7, 11) is 3.31. The van der Waals surface area contributed by atoms with E-state index in [4.69, 9.17) is 4.74 Å². The molecule has 1 aromatic heterocycles. The lowest BCUT2D eigenvalue weighted by molar-refractivity contribution is -0.115. The first-order chi connectivity index (χ1) is 15.1. The Labute approximate surface area is 184 Å². The third-order valence-corrected chi connectivity index (χ3v) is 5.82. The molecule has 0 aliphatic carbocycles. The lowest BCUT2D eigenvalue weighted by Gasteiger charge is -2.18. The SMILES string of the molecule is COc1cccc(-n2c(SCC(=O)N(C)c3ccccc3)nc3ccccc3c2=O)c1. The van der Waals surface area contributed by atoms with Gasteiger partial charge in [-0.1, -0.05) is 48.2 Å². The highest BCUT2D eigenvalue weighted by molar-refractivity contribution is 7.99. The average Bonchev–Trinajstić information content (AvgIpc) is 2.82. The van der Waals surface area contributed by atoms with Crippen LogP contribution in [0.25, 0.3) is 16.6 Å². The number of amides is 1. The van der Waals surface area contributed by atoms with Gasteiger partial charge >= 0.3 is 0 Å². The summed E-state index contributed by atoms with van der Waals surface area (Å²) in [6.07, 6.45) is 0. The Hall–Kier alpha value is -3.58. The highest BCUT2D eigenvalue weighted by atomic mass is 32.2. The molecule has 6 nitrogen and oxygen atoms in total. The maximum Gasteiger partial charge on any atom is 0.266 e. The van der Waals surface area contributed by atoms with Gasteiger partial charge in [-0.25, -0.2) is 4.98 Å². The number of ether oxygens (including phenoxy) is 1. The van der Waals surface area contributed by atoms with Crippen LogP contribution in [-0.4, -0.2) is 35.4 Å². The summed E-state index contributed by atoms with van der Waals surface area (Å²) in [6, 6.07) is 23.9. The van der Waals surface area contributed by atoms with Crippen LogP contribution in [-0.2, 0) is 4.79 Å². The van der Waals surface area contributed by atoms with E-state index in [9.17, 15) is 9.59 Å². The topological polar surface area (TPSA) is 64.4 Å². The van der Waals surface area contributed by atoms with E-state index in [1.165, 1.54) is 16.3 Å². The summed E-state index contributed by atoms with van der Waals surface area (Å²) < 4.78 is 6.85. The summed E-state index contributed by atoms with van der Waals surface area (Å²) in [4.78, 5) is 32.4. The molecule has 0 unspecified atom stereocenters. The van der Waals surface area contributed by atoms with Crippen molar-refractivity contribution in [3.63, 3.8) is 0 Å². The molecule has 0 bridgehead atoms. The summed E-state index contributed by atoms with van der Waals surface area (Å²) in [5, 5.41) is 0.967. The number of carbonyl (C=O) groups excluding carboxylic acids is 1. The predicted octanol–water partition coefficient (Wildman–Crippen LogP) is 4.15. The number of aromatic nitrogens is 2. The molecule has 156 valence electrons. The molecular formula is C24H21N3O3S. The third kappa shape index (κ3) is 4.32. The number of para-hydroxylation sites is 2. The van der Waals surface area contributed by atoms with Gasteiger partial charge in [-0.3, -0.25) is 14.2 Å². The number of thioether (sulfide) groups is 1. The molecule has 0 atom stereocenters. The fourth-order valence-electron chi connectivity index (χ4n) is 3.21. The average molecular weight is 432 g/mol. The molecule has 1 amide bonds. The number of methoxy groups -OCH3 is 1. The van der Waals surface area contributed by atoms with Crippen LogP contribution in [0.3, 0.4) is 0 Å². The van der Waals surface area contributed by atoms with Gasteiger partial charge in [0.2, 0.25) is 5.91 Å². The monoisotopic (exact) mass is 431 g/mol. The van der Waals surface area contributed by atoms with Crippen LogP contribution in [0, 0.1) is 0 Å². The smallest absolute Gasteiger partial charge is 0.266 e. The van der Waals surface area contributed by atoms with Gasteiger partial charge in [0.05, 0.1) is 29.5 Å². The second-order valence-electron chi connectivity index (χ2n) is 6.83. The van der Waals surface area contributed by atoms with E-state index in [0.717, 1.165) is 5.69 Å². The highest BCUT2D eigenvalue weighted by Gasteiger charge is 2.17. The van der Waals surface area contributed by atoms with E-state index in [2.05, 4.69) is 4.98 Å². The van der Waals surface area contributed by atoms with Crippen molar-refractivity contribution in [2.45, 2.75) is 5.16 Å². The molecule has 7 heteroatoms. The van der Waals surface area contributed by atoms with Gasteiger partial charge in [0.1, 0.15) is 5.75 Å². The Bertz CT molecular complexity index is 1290. The van der Waals surface area contributed by atoms with Crippen molar-refractivity contribution >= 4 is 34.3 Å². The van der Waals surface area contributed by atoms with Gasteiger partial charge in [-0.2, -0.15) is 0 Å². The Morgan fingerprint density at radius 2 is 1.77 bits per heavy atom. The van der Waals surface area contributed by atoms with Crippen LogP contribution in [0.1, 0.15) is 0 Å². The zero-order valence-electron chi connectivity index (χ0n) is 17.2. The molecule has 0 saturated carbocycles. The lowest BCUT2D eigenvalue weighted by atomic mass is 10.2. The zero-order valence-corrected chi connectivity index (χ0v) is 18.0. The minimum atomic E-state index is -0.190. The molecule has 0 radical (unpaired) electrons. The van der Waals surface area contributed by atoms with Crippen LogP contribution in [0.2, 0.25) is 0 Å². The van der Waals surface area contributed by atoms with Crippen molar-refractivity contribution in [3.05, 3.63) is 89.2 Å². The summed E-state index contributed by atoms with van der Waals surface area (Å²) in [6.45, 7) is 0. The Balaban J connectivity index is 1.72. The molecule has 1 heterocycles. The highest BCUT2D eigenvalue weighted by Crippen LogP contribution is 2.24. The van der Waals surface area contributed by atoms with Crippen molar-refractivity contribution in [1.82, 2.24) is 9.55 Å². The molecule has 0 aliphatic heterocycles. The zero-order chi connectivity index (χ0) is 21.8. The molecular weight excluding hydrogens is 410 g/mol.